The van der Waals surface area contributed by atoms with Crippen molar-refractivity contribution in [3.8, 4) is 0 Å². The second-order valence-electron chi connectivity index (χ2n) is 3.88. The van der Waals surface area contributed by atoms with Crippen LogP contribution in [0.1, 0.15) is 0 Å². The summed E-state index contributed by atoms with van der Waals surface area (Å²) in [5.74, 6) is 0. The highest BCUT2D eigenvalue weighted by Crippen LogP contribution is 2.33. The Balaban J connectivity index is 1.98. The van der Waals surface area contributed by atoms with E-state index in [2.05, 4.69) is 26.2 Å². The van der Waals surface area contributed by atoms with E-state index in [1.54, 1.807) is 11.3 Å². The molecule has 0 saturated heterocycles. The first-order valence-electron chi connectivity index (χ1n) is 5.40. The number of hydrogen-bond donors (Lipinski definition) is 1. The molecule has 0 spiro atoms. The Hall–Kier alpha value is -0.810. The van der Waals surface area contributed by atoms with Gasteiger partial charge in [-0.2, -0.15) is 0 Å². The molecule has 96 valence electrons. The number of thiazole rings is 1. The molecule has 3 rings (SSSR count). The molecule has 0 amide bonds. The molecule has 0 aliphatic rings. The molecule has 3 aromatic rings. The molecule has 2 nitrogen and oxygen atoms in total. The van der Waals surface area contributed by atoms with Crippen LogP contribution in [-0.4, -0.2) is 4.98 Å². The van der Waals surface area contributed by atoms with E-state index < -0.39 is 0 Å². The fourth-order valence-electron chi connectivity index (χ4n) is 1.66. The predicted octanol–water partition coefficient (Wildman–Crippen LogP) is 6.11. The number of hydrogen-bond acceptors (Lipinski definition) is 3. The van der Waals surface area contributed by atoms with Crippen molar-refractivity contribution >= 4 is 71.5 Å². The number of nitrogens with zero attached hydrogens (tertiary/aromatic N) is 1. The Morgan fingerprint density at radius 2 is 1.79 bits per heavy atom. The van der Waals surface area contributed by atoms with Gasteiger partial charge in [-0.3, -0.25) is 0 Å². The number of fused-ring (bicyclic) bond motifs is 1. The summed E-state index contributed by atoms with van der Waals surface area (Å²) < 4.78 is 1.99. The van der Waals surface area contributed by atoms with E-state index in [9.17, 15) is 0 Å². The third kappa shape index (κ3) is 2.87. The number of halogens is 3. The maximum absolute atomic E-state index is 5.99. The fraction of sp³-hybridized carbons (Fsp3) is 0. The number of benzene rings is 2. The van der Waals surface area contributed by atoms with Gasteiger partial charge < -0.3 is 5.32 Å². The zero-order valence-corrected chi connectivity index (χ0v) is 13.4. The van der Waals surface area contributed by atoms with Gasteiger partial charge in [0.2, 0.25) is 0 Å². The summed E-state index contributed by atoms with van der Waals surface area (Å²) in [6.45, 7) is 0. The Labute approximate surface area is 132 Å². The van der Waals surface area contributed by atoms with Gasteiger partial charge in [-0.15, -0.1) is 0 Å². The lowest BCUT2D eigenvalue weighted by Gasteiger charge is -2.05. The van der Waals surface area contributed by atoms with Crippen molar-refractivity contribution in [1.29, 1.82) is 0 Å². The molecule has 2 aromatic carbocycles. The van der Waals surface area contributed by atoms with Crippen LogP contribution in [-0.2, 0) is 0 Å². The molecule has 1 N–H and O–H groups in total. The van der Waals surface area contributed by atoms with Crippen molar-refractivity contribution in [2.45, 2.75) is 0 Å². The van der Waals surface area contributed by atoms with E-state index >= 15 is 0 Å². The first kappa shape index (κ1) is 13.2. The lowest BCUT2D eigenvalue weighted by Crippen LogP contribution is -1.90. The lowest BCUT2D eigenvalue weighted by molar-refractivity contribution is 1.43. The molecule has 0 aliphatic carbocycles. The molecule has 6 heteroatoms. The highest BCUT2D eigenvalue weighted by atomic mass is 79.9. The molecule has 0 aliphatic heterocycles. The first-order valence-corrected chi connectivity index (χ1v) is 7.76. The minimum absolute atomic E-state index is 0.676. The molecule has 0 bridgehead atoms. The number of nitrogens with one attached hydrogen (secondary N) is 1. The zero-order chi connectivity index (χ0) is 13.4. The van der Waals surface area contributed by atoms with Gasteiger partial charge in [0.1, 0.15) is 0 Å². The average molecular weight is 374 g/mol. The van der Waals surface area contributed by atoms with Gasteiger partial charge in [-0.05, 0) is 52.3 Å². The molecule has 0 fully saturated rings. The largest absolute Gasteiger partial charge is 0.331 e. The van der Waals surface area contributed by atoms with Crippen LogP contribution in [0.15, 0.2) is 40.9 Å². The minimum Gasteiger partial charge on any atom is -0.331 e. The highest BCUT2D eigenvalue weighted by Gasteiger charge is 2.07. The Morgan fingerprint density at radius 3 is 2.63 bits per heavy atom. The number of aromatic nitrogens is 1. The molecule has 0 atom stereocenters. The van der Waals surface area contributed by atoms with Crippen molar-refractivity contribution in [3.63, 3.8) is 0 Å². The van der Waals surface area contributed by atoms with E-state index in [0.29, 0.717) is 10.0 Å². The van der Waals surface area contributed by atoms with Gasteiger partial charge in [-0.25, -0.2) is 4.98 Å². The van der Waals surface area contributed by atoms with Crippen molar-refractivity contribution in [1.82, 2.24) is 4.98 Å². The fourth-order valence-corrected chi connectivity index (χ4v) is 3.33. The van der Waals surface area contributed by atoms with Gasteiger partial charge in [-0.1, -0.05) is 34.5 Å². The summed E-state index contributed by atoms with van der Waals surface area (Å²) in [5, 5.41) is 5.45. The van der Waals surface area contributed by atoms with Gasteiger partial charge in [0.15, 0.2) is 5.13 Å². The van der Waals surface area contributed by atoms with Crippen molar-refractivity contribution in [3.05, 3.63) is 50.9 Å². The Morgan fingerprint density at radius 1 is 1.05 bits per heavy atom. The molecule has 19 heavy (non-hydrogen) atoms. The van der Waals surface area contributed by atoms with Crippen LogP contribution >= 0.6 is 50.5 Å². The van der Waals surface area contributed by atoms with E-state index in [0.717, 1.165) is 25.5 Å². The van der Waals surface area contributed by atoms with Gasteiger partial charge in [0.25, 0.3) is 0 Å². The van der Waals surface area contributed by atoms with Crippen LogP contribution < -0.4 is 5.32 Å². The van der Waals surface area contributed by atoms with E-state index in [1.165, 1.54) is 0 Å². The topological polar surface area (TPSA) is 24.9 Å². The number of anilines is 2. The van der Waals surface area contributed by atoms with Crippen LogP contribution in [0, 0.1) is 0 Å². The molecule has 0 saturated carbocycles. The third-order valence-corrected chi connectivity index (χ3v) is 4.62. The summed E-state index contributed by atoms with van der Waals surface area (Å²) in [6, 6.07) is 11.2. The van der Waals surface area contributed by atoms with Crippen LogP contribution in [0.25, 0.3) is 10.2 Å². The molecule has 1 aromatic heterocycles. The van der Waals surface area contributed by atoms with Crippen LogP contribution in [0.5, 0.6) is 0 Å². The minimum atomic E-state index is 0.676. The van der Waals surface area contributed by atoms with E-state index in [1.807, 2.05) is 36.4 Å². The summed E-state index contributed by atoms with van der Waals surface area (Å²) in [5.41, 5.74) is 1.81. The molecule has 0 unspecified atom stereocenters. The summed E-state index contributed by atoms with van der Waals surface area (Å²) in [7, 11) is 0. The average Bonchev–Trinajstić information content (AvgIpc) is 2.75. The van der Waals surface area contributed by atoms with Crippen molar-refractivity contribution in [2.75, 3.05) is 5.32 Å². The van der Waals surface area contributed by atoms with Gasteiger partial charge in [0.05, 0.1) is 15.9 Å². The smallest absolute Gasteiger partial charge is 0.188 e. The lowest BCUT2D eigenvalue weighted by atomic mass is 10.3. The third-order valence-electron chi connectivity index (χ3n) is 2.52. The Kier molecular flexibility index (Phi) is 3.67. The van der Waals surface area contributed by atoms with E-state index in [4.69, 9.17) is 23.2 Å². The van der Waals surface area contributed by atoms with Crippen LogP contribution in [0.4, 0.5) is 10.8 Å². The zero-order valence-electron chi connectivity index (χ0n) is 9.45. The second kappa shape index (κ2) is 5.29. The van der Waals surface area contributed by atoms with Crippen LogP contribution in [0.3, 0.4) is 0 Å². The second-order valence-corrected chi connectivity index (χ2v) is 6.64. The van der Waals surface area contributed by atoms with E-state index in [-0.39, 0.29) is 0 Å². The maximum atomic E-state index is 5.99. The monoisotopic (exact) mass is 372 g/mol. The first-order chi connectivity index (χ1) is 9.11. The molecule has 0 radical (unpaired) electrons. The summed E-state index contributed by atoms with van der Waals surface area (Å²) in [6.07, 6.45) is 0. The van der Waals surface area contributed by atoms with Gasteiger partial charge >= 0.3 is 0 Å². The van der Waals surface area contributed by atoms with Crippen molar-refractivity contribution < 1.29 is 0 Å². The maximum Gasteiger partial charge on any atom is 0.188 e. The van der Waals surface area contributed by atoms with Gasteiger partial charge in [0, 0.05) is 14.5 Å². The highest BCUT2D eigenvalue weighted by molar-refractivity contribution is 9.10. The summed E-state index contributed by atoms with van der Waals surface area (Å²) in [4.78, 5) is 4.50. The molecular weight excluding hydrogens is 367 g/mol. The molecular formula is C13H7BrCl2N2S. The van der Waals surface area contributed by atoms with Crippen LogP contribution in [0.2, 0.25) is 10.0 Å². The summed E-state index contributed by atoms with van der Waals surface area (Å²) >= 11 is 17.0. The molecule has 1 heterocycles. The van der Waals surface area contributed by atoms with Crippen molar-refractivity contribution in [2.24, 2.45) is 0 Å². The number of rotatable bonds is 2. The SMILES string of the molecule is Clc1ccc(Br)c(Nc2nc3ccc(Cl)cc3s2)c1. The quantitative estimate of drug-likeness (QED) is 0.586. The predicted molar refractivity (Wildman–Crippen MR) is 87.1 cm³/mol. The standard InChI is InChI=1S/C13H7BrCl2N2S/c14-9-3-1-7(15)5-11(9)18-13-17-10-4-2-8(16)6-12(10)19-13/h1-6H,(H,17,18). The normalized spacial score (nSPS) is 10.9. The Bertz CT molecular complexity index is 757.